The van der Waals surface area contributed by atoms with Gasteiger partial charge in [-0.3, -0.25) is 0 Å². The third-order valence-electron chi connectivity index (χ3n) is 8.68. The van der Waals surface area contributed by atoms with Crippen LogP contribution in [0.4, 0.5) is 0 Å². The lowest BCUT2D eigenvalue weighted by Crippen LogP contribution is -2.35. The molecular formula is C28H44O2. The first-order valence-corrected chi connectivity index (χ1v) is 12.2. The Morgan fingerprint density at radius 3 is 2.53 bits per heavy atom. The molecule has 0 saturated heterocycles. The monoisotopic (exact) mass is 412 g/mol. The fourth-order valence-electron chi connectivity index (χ4n) is 6.25. The van der Waals surface area contributed by atoms with Crippen LogP contribution in [-0.2, 0) is 0 Å². The van der Waals surface area contributed by atoms with Gasteiger partial charge >= 0.3 is 0 Å². The number of rotatable bonds is 5. The van der Waals surface area contributed by atoms with Gasteiger partial charge in [-0.15, -0.1) is 0 Å². The quantitative estimate of drug-likeness (QED) is 0.490. The maximum Gasteiger partial charge on any atom is 0.0651 e. The summed E-state index contributed by atoms with van der Waals surface area (Å²) in [5.41, 5.74) is 3.78. The molecule has 3 fully saturated rings. The molecule has 0 amide bonds. The fraction of sp³-hybridized carbons (Fsp3) is 0.714. The summed E-state index contributed by atoms with van der Waals surface area (Å²) < 4.78 is 0. The van der Waals surface area contributed by atoms with Crippen LogP contribution in [0.3, 0.4) is 0 Å². The number of aliphatic hydroxyl groups is 2. The van der Waals surface area contributed by atoms with Crippen molar-refractivity contribution in [3.8, 4) is 0 Å². The maximum absolute atomic E-state index is 10.3. The summed E-state index contributed by atoms with van der Waals surface area (Å²) in [5, 5.41) is 20.3. The normalized spacial score (nSPS) is 37.7. The summed E-state index contributed by atoms with van der Waals surface area (Å²) in [6.45, 7) is 15.0. The Bertz CT molecular complexity index is 719. The van der Waals surface area contributed by atoms with Gasteiger partial charge in [0.15, 0.2) is 0 Å². The Morgan fingerprint density at radius 1 is 1.10 bits per heavy atom. The average molecular weight is 413 g/mol. The van der Waals surface area contributed by atoms with Crippen LogP contribution < -0.4 is 0 Å². The van der Waals surface area contributed by atoms with Crippen LogP contribution >= 0.6 is 0 Å². The van der Waals surface area contributed by atoms with Crippen molar-refractivity contribution in [1.82, 2.24) is 0 Å². The lowest BCUT2D eigenvalue weighted by molar-refractivity contribution is 0.0436. The summed E-state index contributed by atoms with van der Waals surface area (Å²) in [6.07, 6.45) is 18.0. The Labute approximate surface area is 184 Å². The second kappa shape index (κ2) is 9.17. The lowest BCUT2D eigenvalue weighted by atomic mass is 9.61. The molecule has 3 saturated carbocycles. The molecule has 3 aliphatic carbocycles. The zero-order chi connectivity index (χ0) is 22.1. The molecule has 0 aromatic carbocycles. The molecule has 0 aromatic rings. The second-order valence-electron chi connectivity index (χ2n) is 11.2. The Morgan fingerprint density at radius 2 is 1.83 bits per heavy atom. The Hall–Kier alpha value is -1.12. The molecule has 0 aliphatic heterocycles. The highest BCUT2D eigenvalue weighted by molar-refractivity contribution is 5.36. The van der Waals surface area contributed by atoms with Gasteiger partial charge in [0.25, 0.3) is 0 Å². The highest BCUT2D eigenvalue weighted by atomic mass is 16.3. The second-order valence-corrected chi connectivity index (χ2v) is 11.2. The molecule has 0 heterocycles. The van der Waals surface area contributed by atoms with E-state index in [0.717, 1.165) is 19.3 Å². The lowest BCUT2D eigenvalue weighted by Gasteiger charge is -2.44. The van der Waals surface area contributed by atoms with Crippen LogP contribution in [0.1, 0.15) is 86.0 Å². The summed E-state index contributed by atoms with van der Waals surface area (Å²) in [5.74, 6) is 2.08. The molecule has 3 rings (SSSR count). The standard InChI is InChI=1S/C28H44O2/c1-19-10-14-24(29)18-23(19)13-12-22-8-7-17-28(6)25(15-16-26(22)28)20(2)9-11-21(3)27(4,5)30/h9,11-13,20-21,24-26,29-30H,1,7-8,10,14-18H2,2-6H3/t20-,21+,24-,25-,26-,28-/m1/s1. The zero-order valence-electron chi connectivity index (χ0n) is 20.0. The van der Waals surface area contributed by atoms with Crippen molar-refractivity contribution in [2.75, 3.05) is 0 Å². The van der Waals surface area contributed by atoms with Crippen molar-refractivity contribution in [2.45, 2.75) is 97.7 Å². The van der Waals surface area contributed by atoms with E-state index in [1.165, 1.54) is 43.3 Å². The van der Waals surface area contributed by atoms with Crippen molar-refractivity contribution in [3.05, 3.63) is 47.6 Å². The van der Waals surface area contributed by atoms with Gasteiger partial charge < -0.3 is 10.2 Å². The number of fused-ring (bicyclic) bond motifs is 1. The topological polar surface area (TPSA) is 40.5 Å². The smallest absolute Gasteiger partial charge is 0.0651 e. The van der Waals surface area contributed by atoms with Gasteiger partial charge in [0.05, 0.1) is 11.7 Å². The molecule has 2 nitrogen and oxygen atoms in total. The van der Waals surface area contributed by atoms with Crippen LogP contribution in [0, 0.1) is 29.1 Å². The van der Waals surface area contributed by atoms with E-state index in [2.05, 4.69) is 51.7 Å². The van der Waals surface area contributed by atoms with Crippen LogP contribution in [0.2, 0.25) is 0 Å². The number of allylic oxidation sites excluding steroid dienone is 5. The van der Waals surface area contributed by atoms with Gasteiger partial charge in [0, 0.05) is 5.92 Å². The highest BCUT2D eigenvalue weighted by Crippen LogP contribution is 2.59. The molecule has 0 unspecified atom stereocenters. The van der Waals surface area contributed by atoms with Gasteiger partial charge in [-0.05, 0) is 94.0 Å². The minimum Gasteiger partial charge on any atom is -0.393 e. The Kier molecular flexibility index (Phi) is 7.19. The predicted octanol–water partition coefficient (Wildman–Crippen LogP) is 6.76. The Balaban J connectivity index is 1.75. The molecule has 0 bridgehead atoms. The number of hydrogen-bond acceptors (Lipinski definition) is 2. The van der Waals surface area contributed by atoms with Crippen molar-refractivity contribution < 1.29 is 10.2 Å². The van der Waals surface area contributed by atoms with Crippen molar-refractivity contribution in [1.29, 1.82) is 0 Å². The van der Waals surface area contributed by atoms with E-state index in [-0.39, 0.29) is 12.0 Å². The number of hydrogen-bond donors (Lipinski definition) is 2. The van der Waals surface area contributed by atoms with E-state index in [9.17, 15) is 10.2 Å². The fourth-order valence-corrected chi connectivity index (χ4v) is 6.25. The van der Waals surface area contributed by atoms with Gasteiger partial charge in [-0.1, -0.05) is 62.8 Å². The van der Waals surface area contributed by atoms with Crippen LogP contribution in [0.15, 0.2) is 47.6 Å². The van der Waals surface area contributed by atoms with Crippen LogP contribution in [-0.4, -0.2) is 21.9 Å². The predicted molar refractivity (Wildman–Crippen MR) is 127 cm³/mol. The molecule has 30 heavy (non-hydrogen) atoms. The first-order valence-electron chi connectivity index (χ1n) is 12.2. The van der Waals surface area contributed by atoms with Crippen LogP contribution in [0.5, 0.6) is 0 Å². The third-order valence-corrected chi connectivity index (χ3v) is 8.68. The SMILES string of the molecule is C=C1CC[C@@H](O)CC1=CC=C1CCC[C@@]2(C)[C@@H]1CC[C@@H]2[C@H](C)C=C[C@H](C)C(C)(C)O. The summed E-state index contributed by atoms with van der Waals surface area (Å²) in [4.78, 5) is 0. The van der Waals surface area contributed by atoms with E-state index in [1.807, 2.05) is 13.8 Å². The molecule has 2 N–H and O–H groups in total. The zero-order valence-corrected chi connectivity index (χ0v) is 20.0. The van der Waals surface area contributed by atoms with Gasteiger partial charge in [0.2, 0.25) is 0 Å². The van der Waals surface area contributed by atoms with Gasteiger partial charge in [-0.2, -0.15) is 0 Å². The molecule has 2 heteroatoms. The largest absolute Gasteiger partial charge is 0.393 e. The van der Waals surface area contributed by atoms with E-state index < -0.39 is 5.60 Å². The van der Waals surface area contributed by atoms with E-state index in [4.69, 9.17) is 0 Å². The van der Waals surface area contributed by atoms with Gasteiger partial charge in [-0.25, -0.2) is 0 Å². The van der Waals surface area contributed by atoms with Gasteiger partial charge in [0.1, 0.15) is 0 Å². The minimum atomic E-state index is -0.663. The molecule has 0 spiro atoms. The molecule has 3 aliphatic rings. The molecular weight excluding hydrogens is 368 g/mol. The summed E-state index contributed by atoms with van der Waals surface area (Å²) >= 11 is 0. The van der Waals surface area contributed by atoms with E-state index in [1.54, 1.807) is 5.57 Å². The van der Waals surface area contributed by atoms with Crippen molar-refractivity contribution >= 4 is 0 Å². The minimum absolute atomic E-state index is 0.164. The summed E-state index contributed by atoms with van der Waals surface area (Å²) in [6, 6.07) is 0. The van der Waals surface area contributed by atoms with Crippen molar-refractivity contribution in [2.24, 2.45) is 29.1 Å². The molecule has 6 atom stereocenters. The number of aliphatic hydroxyl groups excluding tert-OH is 1. The molecule has 0 radical (unpaired) electrons. The third kappa shape index (κ3) is 5.02. The average Bonchev–Trinajstić information content (AvgIpc) is 3.03. The van der Waals surface area contributed by atoms with Crippen molar-refractivity contribution in [3.63, 3.8) is 0 Å². The molecule has 0 aromatic heterocycles. The molecule has 168 valence electrons. The highest BCUT2D eigenvalue weighted by Gasteiger charge is 2.50. The van der Waals surface area contributed by atoms with E-state index in [0.29, 0.717) is 23.2 Å². The van der Waals surface area contributed by atoms with Crippen LogP contribution in [0.25, 0.3) is 0 Å². The van der Waals surface area contributed by atoms with E-state index >= 15 is 0 Å². The summed E-state index contributed by atoms with van der Waals surface area (Å²) in [7, 11) is 0. The maximum atomic E-state index is 10.3. The first-order chi connectivity index (χ1) is 14.0. The first kappa shape index (κ1) is 23.5.